The Morgan fingerprint density at radius 3 is 2.23 bits per heavy atom. The molecule has 0 aromatic heterocycles. The number of hydrogen-bond acceptors (Lipinski definition) is 4. The monoisotopic (exact) mass is 472 g/mol. The first-order valence-corrected chi connectivity index (χ1v) is 11.7. The SMILES string of the molecule is CCN(CCCC(=O)O)C(=O)c1cccc(NC(=O)OCC2c3ccccc3-c3ccccc32)c1. The van der Waals surface area contributed by atoms with Crippen LogP contribution in [0.4, 0.5) is 10.5 Å². The predicted octanol–water partition coefficient (Wildman–Crippen LogP) is 5.37. The Bertz CT molecular complexity index is 1190. The minimum Gasteiger partial charge on any atom is -0.481 e. The third kappa shape index (κ3) is 5.51. The molecule has 0 radical (unpaired) electrons. The zero-order chi connectivity index (χ0) is 24.8. The maximum absolute atomic E-state index is 12.9. The molecule has 7 nitrogen and oxygen atoms in total. The Labute approximate surface area is 204 Å². The summed E-state index contributed by atoms with van der Waals surface area (Å²) in [5.41, 5.74) is 5.46. The summed E-state index contributed by atoms with van der Waals surface area (Å²) in [6.45, 7) is 2.86. The highest BCUT2D eigenvalue weighted by molar-refractivity contribution is 5.96. The molecule has 0 saturated heterocycles. The van der Waals surface area contributed by atoms with Crippen molar-refractivity contribution in [2.45, 2.75) is 25.7 Å². The van der Waals surface area contributed by atoms with Gasteiger partial charge in [-0.2, -0.15) is 0 Å². The number of anilines is 1. The number of nitrogens with one attached hydrogen (secondary N) is 1. The van der Waals surface area contributed by atoms with E-state index < -0.39 is 12.1 Å². The van der Waals surface area contributed by atoms with Gasteiger partial charge in [0.2, 0.25) is 0 Å². The van der Waals surface area contributed by atoms with Gasteiger partial charge in [-0.25, -0.2) is 4.79 Å². The number of carboxylic acid groups (broad SMARTS) is 1. The molecule has 4 rings (SSSR count). The first-order valence-electron chi connectivity index (χ1n) is 11.7. The first-order chi connectivity index (χ1) is 17.0. The molecular formula is C28H28N2O5. The van der Waals surface area contributed by atoms with E-state index in [1.54, 1.807) is 29.2 Å². The zero-order valence-electron chi connectivity index (χ0n) is 19.6. The highest BCUT2D eigenvalue weighted by Crippen LogP contribution is 2.44. The summed E-state index contributed by atoms with van der Waals surface area (Å²) in [4.78, 5) is 37.8. The molecule has 0 aliphatic heterocycles. The van der Waals surface area contributed by atoms with Crippen LogP contribution in [0.3, 0.4) is 0 Å². The van der Waals surface area contributed by atoms with E-state index >= 15 is 0 Å². The summed E-state index contributed by atoms with van der Waals surface area (Å²) in [6, 6.07) is 22.9. The van der Waals surface area contributed by atoms with E-state index in [0.29, 0.717) is 30.8 Å². The normalized spacial score (nSPS) is 11.9. The molecule has 35 heavy (non-hydrogen) atoms. The number of fused-ring (bicyclic) bond motifs is 3. The van der Waals surface area contributed by atoms with Crippen molar-refractivity contribution in [2.75, 3.05) is 25.0 Å². The maximum Gasteiger partial charge on any atom is 0.411 e. The van der Waals surface area contributed by atoms with Crippen LogP contribution in [-0.4, -0.2) is 47.7 Å². The number of nitrogens with zero attached hydrogens (tertiary/aromatic N) is 1. The fourth-order valence-corrected chi connectivity index (χ4v) is 4.49. The van der Waals surface area contributed by atoms with E-state index in [-0.39, 0.29) is 24.9 Å². The minimum absolute atomic E-state index is 0.00710. The second-order valence-electron chi connectivity index (χ2n) is 8.41. The molecular weight excluding hydrogens is 444 g/mol. The number of carbonyl (C=O) groups excluding carboxylic acids is 2. The largest absolute Gasteiger partial charge is 0.481 e. The van der Waals surface area contributed by atoms with Crippen LogP contribution >= 0.6 is 0 Å². The molecule has 1 aliphatic carbocycles. The van der Waals surface area contributed by atoms with Crippen molar-refractivity contribution in [3.05, 3.63) is 89.5 Å². The predicted molar refractivity (Wildman–Crippen MR) is 134 cm³/mol. The number of benzene rings is 3. The third-order valence-corrected chi connectivity index (χ3v) is 6.19. The van der Waals surface area contributed by atoms with Crippen LogP contribution in [0.2, 0.25) is 0 Å². The average Bonchev–Trinajstić information content (AvgIpc) is 3.19. The summed E-state index contributed by atoms with van der Waals surface area (Å²) < 4.78 is 5.59. The maximum atomic E-state index is 12.9. The van der Waals surface area contributed by atoms with Gasteiger partial charge in [0, 0.05) is 36.7 Å². The van der Waals surface area contributed by atoms with Gasteiger partial charge in [0.1, 0.15) is 6.61 Å². The van der Waals surface area contributed by atoms with Gasteiger partial charge in [-0.3, -0.25) is 14.9 Å². The van der Waals surface area contributed by atoms with Crippen LogP contribution < -0.4 is 5.32 Å². The van der Waals surface area contributed by atoms with Gasteiger partial charge < -0.3 is 14.7 Å². The quantitative estimate of drug-likeness (QED) is 0.436. The molecule has 0 unspecified atom stereocenters. The van der Waals surface area contributed by atoms with Gasteiger partial charge in [-0.05, 0) is 53.8 Å². The molecule has 0 fully saturated rings. The molecule has 2 N–H and O–H groups in total. The fraction of sp³-hybridized carbons (Fsp3) is 0.250. The van der Waals surface area contributed by atoms with Gasteiger partial charge >= 0.3 is 12.1 Å². The Morgan fingerprint density at radius 1 is 0.943 bits per heavy atom. The van der Waals surface area contributed by atoms with Gasteiger partial charge in [-0.15, -0.1) is 0 Å². The summed E-state index contributed by atoms with van der Waals surface area (Å²) in [5, 5.41) is 11.5. The van der Waals surface area contributed by atoms with Crippen LogP contribution in [0.5, 0.6) is 0 Å². The third-order valence-electron chi connectivity index (χ3n) is 6.19. The van der Waals surface area contributed by atoms with Gasteiger partial charge in [0.15, 0.2) is 0 Å². The topological polar surface area (TPSA) is 95.9 Å². The van der Waals surface area contributed by atoms with E-state index in [1.165, 1.54) is 0 Å². The number of ether oxygens (including phenoxy) is 1. The molecule has 3 aromatic carbocycles. The number of carboxylic acids is 1. The lowest BCUT2D eigenvalue weighted by atomic mass is 9.98. The van der Waals surface area contributed by atoms with Crippen LogP contribution in [-0.2, 0) is 9.53 Å². The van der Waals surface area contributed by atoms with Crippen molar-refractivity contribution < 1.29 is 24.2 Å². The standard InChI is InChI=1S/C28H28N2O5/c1-2-30(16-8-15-26(31)32)27(33)19-9-7-10-20(17-19)29-28(34)35-18-25-23-13-5-3-11-21(23)22-12-4-6-14-24(22)25/h3-7,9-14,17,25H,2,8,15-16,18H2,1H3,(H,29,34)(H,31,32). The molecule has 0 saturated carbocycles. The molecule has 0 atom stereocenters. The molecule has 0 bridgehead atoms. The van der Waals surface area contributed by atoms with Gasteiger partial charge in [-0.1, -0.05) is 54.6 Å². The van der Waals surface area contributed by atoms with E-state index in [4.69, 9.17) is 9.84 Å². The summed E-state index contributed by atoms with van der Waals surface area (Å²) in [7, 11) is 0. The Morgan fingerprint density at radius 2 is 1.60 bits per heavy atom. The van der Waals surface area contributed by atoms with Crippen molar-refractivity contribution in [3.8, 4) is 11.1 Å². The van der Waals surface area contributed by atoms with Gasteiger partial charge in [0.05, 0.1) is 0 Å². The van der Waals surface area contributed by atoms with E-state index in [9.17, 15) is 14.4 Å². The fourth-order valence-electron chi connectivity index (χ4n) is 4.49. The molecule has 2 amide bonds. The highest BCUT2D eigenvalue weighted by atomic mass is 16.5. The number of hydrogen-bond donors (Lipinski definition) is 2. The van der Waals surface area contributed by atoms with Crippen molar-refractivity contribution in [1.29, 1.82) is 0 Å². The lowest BCUT2D eigenvalue weighted by molar-refractivity contribution is -0.137. The smallest absolute Gasteiger partial charge is 0.411 e. The summed E-state index contributed by atoms with van der Waals surface area (Å²) in [6.07, 6.45) is -0.204. The van der Waals surface area contributed by atoms with Crippen LogP contribution in [0.15, 0.2) is 72.8 Å². The molecule has 0 heterocycles. The summed E-state index contributed by atoms with van der Waals surface area (Å²) >= 11 is 0. The lowest BCUT2D eigenvalue weighted by Crippen LogP contribution is -2.32. The Balaban J connectivity index is 1.38. The Kier molecular flexibility index (Phi) is 7.45. The molecule has 7 heteroatoms. The Hall–Kier alpha value is -4.13. The van der Waals surface area contributed by atoms with Crippen molar-refractivity contribution in [1.82, 2.24) is 4.90 Å². The number of carbonyl (C=O) groups is 3. The van der Waals surface area contributed by atoms with E-state index in [0.717, 1.165) is 22.3 Å². The molecule has 1 aliphatic rings. The van der Waals surface area contributed by atoms with Crippen LogP contribution in [0.1, 0.15) is 47.2 Å². The highest BCUT2D eigenvalue weighted by Gasteiger charge is 2.29. The van der Waals surface area contributed by atoms with Gasteiger partial charge in [0.25, 0.3) is 5.91 Å². The van der Waals surface area contributed by atoms with E-state index in [2.05, 4.69) is 29.6 Å². The second-order valence-corrected chi connectivity index (χ2v) is 8.41. The first kappa shape index (κ1) is 24.0. The van der Waals surface area contributed by atoms with Crippen molar-refractivity contribution >= 4 is 23.7 Å². The number of amides is 2. The minimum atomic E-state index is -0.886. The zero-order valence-corrected chi connectivity index (χ0v) is 19.6. The average molecular weight is 473 g/mol. The number of rotatable bonds is 9. The second kappa shape index (κ2) is 10.9. The van der Waals surface area contributed by atoms with Crippen molar-refractivity contribution in [2.24, 2.45) is 0 Å². The molecule has 180 valence electrons. The number of aliphatic carboxylic acids is 1. The van der Waals surface area contributed by atoms with Crippen LogP contribution in [0, 0.1) is 0 Å². The van der Waals surface area contributed by atoms with Crippen molar-refractivity contribution in [3.63, 3.8) is 0 Å². The van der Waals surface area contributed by atoms with E-state index in [1.807, 2.05) is 31.2 Å². The lowest BCUT2D eigenvalue weighted by Gasteiger charge is -2.21. The molecule has 0 spiro atoms. The van der Waals surface area contributed by atoms with Crippen LogP contribution in [0.25, 0.3) is 11.1 Å². The molecule has 3 aromatic rings. The summed E-state index contributed by atoms with van der Waals surface area (Å²) in [5.74, 6) is -1.14.